The zero-order chi connectivity index (χ0) is 9.97. The normalized spacial score (nSPS) is 16.1. The number of para-hydroxylation sites is 1. The number of aliphatic hydroxyl groups excluding tert-OH is 1. The molecule has 0 fully saturated rings. The Balaban J connectivity index is 2.37. The number of rotatable bonds is 1. The van der Waals surface area contributed by atoms with E-state index in [4.69, 9.17) is 12.2 Å². The third kappa shape index (κ3) is 1.56. The number of hydrogen-bond donors (Lipinski definition) is 2. The molecular weight excluding hydrogens is 196 g/mol. The number of nitrogens with one attached hydrogen (secondary N) is 1. The standard InChI is InChI=1S/C10H10N2OS/c13-9-6-7-11-10(14)12(9)8-4-2-1-3-5-8/h1-6,13H,7H2,(H,11,14). The highest BCUT2D eigenvalue weighted by Crippen LogP contribution is 2.19. The quantitative estimate of drug-likeness (QED) is 0.687. The van der Waals surface area contributed by atoms with E-state index in [-0.39, 0.29) is 5.88 Å². The maximum absolute atomic E-state index is 9.65. The van der Waals surface area contributed by atoms with Crippen LogP contribution in [-0.2, 0) is 0 Å². The summed E-state index contributed by atoms with van der Waals surface area (Å²) in [6.07, 6.45) is 1.68. The summed E-state index contributed by atoms with van der Waals surface area (Å²) >= 11 is 5.10. The van der Waals surface area contributed by atoms with Gasteiger partial charge in [-0.25, -0.2) is 0 Å². The molecule has 1 aromatic rings. The number of nitrogens with zero attached hydrogens (tertiary/aromatic N) is 1. The summed E-state index contributed by atoms with van der Waals surface area (Å²) in [5.41, 5.74) is 0.860. The SMILES string of the molecule is OC1=CCNC(=S)N1c1ccccc1. The van der Waals surface area contributed by atoms with Crippen LogP contribution in [0, 0.1) is 0 Å². The first-order valence-corrected chi connectivity index (χ1v) is 4.72. The number of anilines is 1. The Hall–Kier alpha value is -1.55. The molecule has 1 aliphatic heterocycles. The van der Waals surface area contributed by atoms with Gasteiger partial charge in [0.1, 0.15) is 0 Å². The molecule has 1 aromatic carbocycles. The topological polar surface area (TPSA) is 35.5 Å². The average Bonchev–Trinajstić information content (AvgIpc) is 2.19. The second-order valence-electron chi connectivity index (χ2n) is 2.92. The van der Waals surface area contributed by atoms with Gasteiger partial charge in [0.05, 0.1) is 5.69 Å². The molecule has 0 amide bonds. The molecule has 0 atom stereocenters. The van der Waals surface area contributed by atoms with Gasteiger partial charge in [0.25, 0.3) is 0 Å². The van der Waals surface area contributed by atoms with Gasteiger partial charge in [-0.05, 0) is 30.4 Å². The largest absolute Gasteiger partial charge is 0.494 e. The smallest absolute Gasteiger partial charge is 0.195 e. The van der Waals surface area contributed by atoms with Crippen molar-refractivity contribution in [1.29, 1.82) is 0 Å². The van der Waals surface area contributed by atoms with E-state index < -0.39 is 0 Å². The van der Waals surface area contributed by atoms with Gasteiger partial charge >= 0.3 is 0 Å². The van der Waals surface area contributed by atoms with E-state index in [0.717, 1.165) is 5.69 Å². The zero-order valence-corrected chi connectivity index (χ0v) is 8.29. The van der Waals surface area contributed by atoms with Crippen molar-refractivity contribution in [2.24, 2.45) is 0 Å². The van der Waals surface area contributed by atoms with Crippen molar-refractivity contribution in [2.75, 3.05) is 11.4 Å². The van der Waals surface area contributed by atoms with Gasteiger partial charge in [-0.1, -0.05) is 18.2 Å². The number of hydrogen-bond acceptors (Lipinski definition) is 2. The van der Waals surface area contributed by atoms with Crippen molar-refractivity contribution in [1.82, 2.24) is 5.32 Å². The van der Waals surface area contributed by atoms with Crippen molar-refractivity contribution in [3.05, 3.63) is 42.3 Å². The second-order valence-corrected chi connectivity index (χ2v) is 3.31. The van der Waals surface area contributed by atoms with Crippen molar-refractivity contribution >= 4 is 23.0 Å². The highest BCUT2D eigenvalue weighted by Gasteiger charge is 2.18. The Kier molecular flexibility index (Phi) is 2.37. The summed E-state index contributed by atoms with van der Waals surface area (Å²) in [5, 5.41) is 13.2. The highest BCUT2D eigenvalue weighted by molar-refractivity contribution is 7.80. The Labute approximate surface area is 87.7 Å². The molecule has 0 saturated carbocycles. The zero-order valence-electron chi connectivity index (χ0n) is 7.47. The van der Waals surface area contributed by atoms with Crippen LogP contribution in [0.15, 0.2) is 42.3 Å². The van der Waals surface area contributed by atoms with E-state index in [0.29, 0.717) is 11.7 Å². The molecule has 0 aromatic heterocycles. The minimum atomic E-state index is 0.181. The van der Waals surface area contributed by atoms with Gasteiger partial charge < -0.3 is 10.4 Å². The number of aliphatic hydroxyl groups is 1. The second kappa shape index (κ2) is 3.67. The molecule has 2 rings (SSSR count). The fourth-order valence-electron chi connectivity index (χ4n) is 1.33. The Morgan fingerprint density at radius 1 is 1.29 bits per heavy atom. The molecule has 72 valence electrons. The molecular formula is C10H10N2OS. The van der Waals surface area contributed by atoms with Gasteiger partial charge in [0, 0.05) is 6.54 Å². The van der Waals surface area contributed by atoms with Crippen LogP contribution in [0.1, 0.15) is 0 Å². The van der Waals surface area contributed by atoms with Gasteiger partial charge in [-0.15, -0.1) is 0 Å². The van der Waals surface area contributed by atoms with Gasteiger partial charge in [0.15, 0.2) is 11.0 Å². The first kappa shape index (κ1) is 9.02. The fourth-order valence-corrected chi connectivity index (χ4v) is 1.61. The predicted octanol–water partition coefficient (Wildman–Crippen LogP) is 1.78. The molecule has 0 saturated heterocycles. The lowest BCUT2D eigenvalue weighted by Crippen LogP contribution is -2.43. The lowest BCUT2D eigenvalue weighted by Gasteiger charge is -2.27. The minimum Gasteiger partial charge on any atom is -0.494 e. The molecule has 2 N–H and O–H groups in total. The maximum atomic E-state index is 9.65. The van der Waals surface area contributed by atoms with Crippen LogP contribution >= 0.6 is 12.2 Å². The van der Waals surface area contributed by atoms with Crippen LogP contribution in [0.4, 0.5) is 5.69 Å². The van der Waals surface area contributed by atoms with Crippen molar-refractivity contribution in [3.63, 3.8) is 0 Å². The summed E-state index contributed by atoms with van der Waals surface area (Å²) in [5.74, 6) is 0.181. The van der Waals surface area contributed by atoms with Crippen LogP contribution in [0.5, 0.6) is 0 Å². The third-order valence-electron chi connectivity index (χ3n) is 1.98. The minimum absolute atomic E-state index is 0.181. The first-order valence-electron chi connectivity index (χ1n) is 4.31. The summed E-state index contributed by atoms with van der Waals surface area (Å²) in [6, 6.07) is 9.51. The molecule has 1 aliphatic rings. The first-order chi connectivity index (χ1) is 6.79. The van der Waals surface area contributed by atoms with Crippen LogP contribution < -0.4 is 10.2 Å². The Morgan fingerprint density at radius 2 is 2.00 bits per heavy atom. The number of thiocarbonyl (C=S) groups is 1. The van der Waals surface area contributed by atoms with Crippen LogP contribution in [-0.4, -0.2) is 16.8 Å². The van der Waals surface area contributed by atoms with E-state index in [2.05, 4.69) is 5.32 Å². The van der Waals surface area contributed by atoms with Gasteiger partial charge in [0.2, 0.25) is 0 Å². The van der Waals surface area contributed by atoms with Crippen molar-refractivity contribution < 1.29 is 5.11 Å². The molecule has 1 heterocycles. The lowest BCUT2D eigenvalue weighted by atomic mass is 10.3. The summed E-state index contributed by atoms with van der Waals surface area (Å²) in [4.78, 5) is 1.60. The van der Waals surface area contributed by atoms with Crippen LogP contribution in [0.25, 0.3) is 0 Å². The molecule has 0 radical (unpaired) electrons. The molecule has 3 nitrogen and oxygen atoms in total. The highest BCUT2D eigenvalue weighted by atomic mass is 32.1. The Morgan fingerprint density at radius 3 is 2.64 bits per heavy atom. The molecule has 0 unspecified atom stereocenters. The molecule has 4 heteroatoms. The summed E-state index contributed by atoms with van der Waals surface area (Å²) in [6.45, 7) is 0.577. The molecule has 0 aliphatic carbocycles. The van der Waals surface area contributed by atoms with Crippen LogP contribution in [0.2, 0.25) is 0 Å². The van der Waals surface area contributed by atoms with E-state index in [1.54, 1.807) is 11.0 Å². The summed E-state index contributed by atoms with van der Waals surface area (Å²) in [7, 11) is 0. The average molecular weight is 206 g/mol. The van der Waals surface area contributed by atoms with E-state index in [9.17, 15) is 5.11 Å². The van der Waals surface area contributed by atoms with E-state index in [1.165, 1.54) is 0 Å². The van der Waals surface area contributed by atoms with E-state index in [1.807, 2.05) is 30.3 Å². The van der Waals surface area contributed by atoms with Gasteiger partial charge in [-0.3, -0.25) is 4.90 Å². The van der Waals surface area contributed by atoms with E-state index >= 15 is 0 Å². The number of benzene rings is 1. The van der Waals surface area contributed by atoms with Crippen molar-refractivity contribution in [2.45, 2.75) is 0 Å². The Bertz CT molecular complexity index is 375. The molecule has 14 heavy (non-hydrogen) atoms. The fraction of sp³-hybridized carbons (Fsp3) is 0.100. The lowest BCUT2D eigenvalue weighted by molar-refractivity contribution is 0.399. The van der Waals surface area contributed by atoms with Gasteiger partial charge in [-0.2, -0.15) is 0 Å². The van der Waals surface area contributed by atoms with Crippen molar-refractivity contribution in [3.8, 4) is 0 Å². The predicted molar refractivity (Wildman–Crippen MR) is 60.2 cm³/mol. The molecule has 0 bridgehead atoms. The maximum Gasteiger partial charge on any atom is 0.195 e. The summed E-state index contributed by atoms with van der Waals surface area (Å²) < 4.78 is 0. The molecule has 0 spiro atoms. The monoisotopic (exact) mass is 206 g/mol. The third-order valence-corrected chi connectivity index (χ3v) is 2.31. The van der Waals surface area contributed by atoms with Crippen LogP contribution in [0.3, 0.4) is 0 Å².